The molecule has 3 aromatic rings. The Morgan fingerprint density at radius 2 is 1.88 bits per heavy atom. The Hall–Kier alpha value is -3.22. The number of aryl methyl sites for hydroxylation is 2. The monoisotopic (exact) mass is 357 g/mol. The quantitative estimate of drug-likeness (QED) is 0.609. The Bertz CT molecular complexity index is 982. The second kappa shape index (κ2) is 6.95. The number of hydrazine groups is 1. The summed E-state index contributed by atoms with van der Waals surface area (Å²) in [5.41, 5.74) is 10.3. The van der Waals surface area contributed by atoms with E-state index in [1.54, 1.807) is 19.2 Å². The maximum absolute atomic E-state index is 13.8. The lowest BCUT2D eigenvalue weighted by atomic mass is 9.96. The molecule has 26 heavy (non-hydrogen) atoms. The van der Waals surface area contributed by atoms with Gasteiger partial charge < -0.3 is 14.5 Å². The van der Waals surface area contributed by atoms with Crippen molar-refractivity contribution in [3.63, 3.8) is 0 Å². The number of aromatic nitrogens is 1. The van der Waals surface area contributed by atoms with Crippen molar-refractivity contribution in [2.45, 2.75) is 13.8 Å². The van der Waals surface area contributed by atoms with E-state index < -0.39 is 6.09 Å². The van der Waals surface area contributed by atoms with Crippen LogP contribution in [0.25, 0.3) is 22.0 Å². The number of aromatic amines is 1. The van der Waals surface area contributed by atoms with Crippen LogP contribution < -0.4 is 15.6 Å². The molecule has 0 saturated heterocycles. The van der Waals surface area contributed by atoms with Crippen molar-refractivity contribution in [3.05, 3.63) is 47.4 Å². The first-order chi connectivity index (χ1) is 12.4. The van der Waals surface area contributed by atoms with Gasteiger partial charge in [-0.3, -0.25) is 5.43 Å². The van der Waals surface area contributed by atoms with E-state index in [1.807, 2.05) is 19.9 Å². The van der Waals surface area contributed by atoms with Crippen molar-refractivity contribution in [3.8, 4) is 16.9 Å². The molecule has 1 aromatic heterocycles. The molecular weight excluding hydrogens is 337 g/mol. The summed E-state index contributed by atoms with van der Waals surface area (Å²) in [7, 11) is 2.85. The lowest BCUT2D eigenvalue weighted by Gasteiger charge is -2.16. The second-order valence-corrected chi connectivity index (χ2v) is 5.93. The molecule has 6 nitrogen and oxygen atoms in total. The number of benzene rings is 2. The third kappa shape index (κ3) is 3.15. The highest BCUT2D eigenvalue weighted by molar-refractivity contribution is 6.00. The molecule has 0 radical (unpaired) electrons. The van der Waals surface area contributed by atoms with Gasteiger partial charge in [-0.1, -0.05) is 0 Å². The number of hydrogen-bond donors (Lipinski definition) is 3. The molecule has 0 bridgehead atoms. The molecule has 0 aliphatic carbocycles. The molecule has 7 heteroatoms. The van der Waals surface area contributed by atoms with E-state index in [2.05, 4.69) is 20.6 Å². The maximum atomic E-state index is 13.8. The Morgan fingerprint density at radius 3 is 2.58 bits per heavy atom. The molecule has 3 N–H and O–H groups in total. The highest BCUT2D eigenvalue weighted by Gasteiger charge is 2.18. The number of carbonyl (C=O) groups is 1. The van der Waals surface area contributed by atoms with Crippen LogP contribution >= 0.6 is 0 Å². The highest BCUT2D eigenvalue weighted by Crippen LogP contribution is 2.41. The fraction of sp³-hybridized carbons (Fsp3) is 0.211. The van der Waals surface area contributed by atoms with E-state index in [9.17, 15) is 9.18 Å². The zero-order valence-corrected chi connectivity index (χ0v) is 15.0. The van der Waals surface area contributed by atoms with Crippen LogP contribution in [-0.4, -0.2) is 25.3 Å². The smallest absolute Gasteiger partial charge is 0.425 e. The SMILES string of the molecule is COC(=O)NNc1cc(C)c(-c2c(C)[nH]c3ccc(F)cc23)c(OC)c1. The lowest BCUT2D eigenvalue weighted by Crippen LogP contribution is -2.29. The van der Waals surface area contributed by atoms with Crippen LogP contribution in [0.4, 0.5) is 14.9 Å². The molecule has 0 fully saturated rings. The number of hydrogen-bond acceptors (Lipinski definition) is 4. The van der Waals surface area contributed by atoms with Crippen molar-refractivity contribution in [2.24, 2.45) is 0 Å². The van der Waals surface area contributed by atoms with E-state index in [4.69, 9.17) is 4.74 Å². The summed E-state index contributed by atoms with van der Waals surface area (Å²) in [6.07, 6.45) is -0.603. The Kier molecular flexibility index (Phi) is 4.71. The van der Waals surface area contributed by atoms with Gasteiger partial charge in [-0.05, 0) is 43.7 Å². The van der Waals surface area contributed by atoms with Gasteiger partial charge in [-0.15, -0.1) is 0 Å². The predicted molar refractivity (Wildman–Crippen MR) is 98.9 cm³/mol. The third-order valence-electron chi connectivity index (χ3n) is 4.21. The van der Waals surface area contributed by atoms with E-state index in [0.29, 0.717) is 11.4 Å². The van der Waals surface area contributed by atoms with Crippen LogP contribution in [-0.2, 0) is 4.74 Å². The Morgan fingerprint density at radius 1 is 1.12 bits per heavy atom. The van der Waals surface area contributed by atoms with Crippen LogP contribution in [0.15, 0.2) is 30.3 Å². The highest BCUT2D eigenvalue weighted by atomic mass is 19.1. The summed E-state index contributed by atoms with van der Waals surface area (Å²) in [4.78, 5) is 14.5. The number of rotatable bonds is 4. The van der Waals surface area contributed by atoms with E-state index >= 15 is 0 Å². The summed E-state index contributed by atoms with van der Waals surface area (Å²) in [5, 5.41) is 0.789. The van der Waals surface area contributed by atoms with Crippen molar-refractivity contribution in [2.75, 3.05) is 19.6 Å². The number of methoxy groups -OCH3 is 2. The molecule has 3 rings (SSSR count). The Balaban J connectivity index is 2.12. The van der Waals surface area contributed by atoms with E-state index in [1.165, 1.54) is 19.2 Å². The predicted octanol–water partition coefficient (Wildman–Crippen LogP) is 4.28. The number of ether oxygens (including phenoxy) is 2. The van der Waals surface area contributed by atoms with Gasteiger partial charge in [0, 0.05) is 33.8 Å². The number of fused-ring (bicyclic) bond motifs is 1. The van der Waals surface area contributed by atoms with Crippen molar-refractivity contribution in [1.29, 1.82) is 0 Å². The molecule has 136 valence electrons. The zero-order valence-electron chi connectivity index (χ0n) is 15.0. The summed E-state index contributed by atoms with van der Waals surface area (Å²) in [5.74, 6) is 0.308. The topological polar surface area (TPSA) is 75.4 Å². The van der Waals surface area contributed by atoms with Gasteiger partial charge in [-0.2, -0.15) is 0 Å². The lowest BCUT2D eigenvalue weighted by molar-refractivity contribution is 0.173. The summed E-state index contributed by atoms with van der Waals surface area (Å²) >= 11 is 0. The molecule has 0 aliphatic rings. The number of anilines is 1. The summed E-state index contributed by atoms with van der Waals surface area (Å²) < 4.78 is 23.9. The molecule has 0 saturated carbocycles. The molecule has 1 amide bonds. The fourth-order valence-corrected chi connectivity index (χ4v) is 3.10. The molecule has 0 aliphatic heterocycles. The first-order valence-corrected chi connectivity index (χ1v) is 8.01. The summed E-state index contributed by atoms with van der Waals surface area (Å²) in [6, 6.07) is 8.29. The zero-order chi connectivity index (χ0) is 18.8. The maximum Gasteiger partial charge on any atom is 0.425 e. The Labute approximate surface area is 150 Å². The van der Waals surface area contributed by atoms with Crippen LogP contribution in [0.3, 0.4) is 0 Å². The molecule has 0 unspecified atom stereocenters. The largest absolute Gasteiger partial charge is 0.496 e. The standard InChI is InChI=1S/C19H20FN3O3/c1-10-7-13(22-23-19(24)26-4)9-16(25-3)17(10)18-11(2)21-15-6-5-12(20)8-14(15)18/h5-9,21-22H,1-4H3,(H,23,24). The summed E-state index contributed by atoms with van der Waals surface area (Å²) in [6.45, 7) is 3.87. The van der Waals surface area contributed by atoms with Crippen LogP contribution in [0.1, 0.15) is 11.3 Å². The van der Waals surface area contributed by atoms with Gasteiger partial charge in [-0.25, -0.2) is 14.6 Å². The molecule has 2 aromatic carbocycles. The second-order valence-electron chi connectivity index (χ2n) is 5.93. The number of nitrogens with one attached hydrogen (secondary N) is 3. The van der Waals surface area contributed by atoms with Crippen molar-refractivity contribution < 1.29 is 18.7 Å². The van der Waals surface area contributed by atoms with Gasteiger partial charge in [0.2, 0.25) is 0 Å². The molecule has 0 atom stereocenters. The van der Waals surface area contributed by atoms with Gasteiger partial charge in [0.05, 0.1) is 19.9 Å². The number of H-pyrrole nitrogens is 1. The third-order valence-corrected chi connectivity index (χ3v) is 4.21. The van der Waals surface area contributed by atoms with Crippen LogP contribution in [0.5, 0.6) is 5.75 Å². The van der Waals surface area contributed by atoms with Crippen molar-refractivity contribution in [1.82, 2.24) is 10.4 Å². The molecule has 1 heterocycles. The van der Waals surface area contributed by atoms with Gasteiger partial charge in [0.1, 0.15) is 11.6 Å². The van der Waals surface area contributed by atoms with Gasteiger partial charge in [0.15, 0.2) is 0 Å². The molecular formula is C19H20FN3O3. The fourth-order valence-electron chi connectivity index (χ4n) is 3.10. The average Bonchev–Trinajstić information content (AvgIpc) is 2.94. The minimum Gasteiger partial charge on any atom is -0.496 e. The van der Waals surface area contributed by atoms with E-state index in [-0.39, 0.29) is 5.82 Å². The molecule has 0 spiro atoms. The first-order valence-electron chi connectivity index (χ1n) is 8.01. The first kappa shape index (κ1) is 17.6. The van der Waals surface area contributed by atoms with Gasteiger partial charge in [0.25, 0.3) is 0 Å². The average molecular weight is 357 g/mol. The number of halogens is 1. The van der Waals surface area contributed by atoms with Crippen LogP contribution in [0.2, 0.25) is 0 Å². The minimum absolute atomic E-state index is 0.296. The number of carbonyl (C=O) groups excluding carboxylic acids is 1. The van der Waals surface area contributed by atoms with Crippen molar-refractivity contribution >= 4 is 22.7 Å². The van der Waals surface area contributed by atoms with E-state index in [0.717, 1.165) is 33.3 Å². The van der Waals surface area contributed by atoms with Crippen LogP contribution in [0, 0.1) is 19.7 Å². The van der Waals surface area contributed by atoms with Gasteiger partial charge >= 0.3 is 6.09 Å². The normalized spacial score (nSPS) is 10.7. The number of amides is 1. The minimum atomic E-state index is -0.603.